The highest BCUT2D eigenvalue weighted by Crippen LogP contribution is 2.33. The third kappa shape index (κ3) is 2.87. The molecule has 2 rings (SSSR count). The van der Waals surface area contributed by atoms with Crippen molar-refractivity contribution in [3.8, 4) is 0 Å². The molecular weight excluding hydrogens is 390 g/mol. The van der Waals surface area contributed by atoms with Crippen LogP contribution in [0.4, 0.5) is 8.78 Å². The molecule has 0 bridgehead atoms. The monoisotopic (exact) mass is 394 g/mol. The van der Waals surface area contributed by atoms with Gasteiger partial charge in [0, 0.05) is 22.3 Å². The van der Waals surface area contributed by atoms with Crippen molar-refractivity contribution in [1.82, 2.24) is 0 Å². The Morgan fingerprint density at radius 1 is 1.28 bits per heavy atom. The molecule has 2 aromatic rings. The quantitative estimate of drug-likeness (QED) is 0.670. The summed E-state index contributed by atoms with van der Waals surface area (Å²) in [6.07, 6.45) is -0.0856. The van der Waals surface area contributed by atoms with Crippen molar-refractivity contribution < 1.29 is 13.6 Å². The lowest BCUT2D eigenvalue weighted by atomic mass is 10.1. The first-order valence-corrected chi connectivity index (χ1v) is 7.35. The highest BCUT2D eigenvalue weighted by Gasteiger charge is 2.17. The lowest BCUT2D eigenvalue weighted by Gasteiger charge is -2.02. The van der Waals surface area contributed by atoms with Gasteiger partial charge in [0.25, 0.3) is 0 Å². The topological polar surface area (TPSA) is 17.1 Å². The fourth-order valence-corrected chi connectivity index (χ4v) is 3.56. The van der Waals surface area contributed by atoms with Crippen LogP contribution in [0.15, 0.2) is 32.5 Å². The van der Waals surface area contributed by atoms with Gasteiger partial charge < -0.3 is 0 Å². The summed E-state index contributed by atoms with van der Waals surface area (Å²) < 4.78 is 27.6. The van der Waals surface area contributed by atoms with Crippen molar-refractivity contribution in [3.63, 3.8) is 0 Å². The summed E-state index contributed by atoms with van der Waals surface area (Å²) in [5.41, 5.74) is 0.192. The minimum Gasteiger partial charge on any atom is -0.293 e. The van der Waals surface area contributed by atoms with Gasteiger partial charge in [-0.2, -0.15) is 0 Å². The Kier molecular flexibility index (Phi) is 4.29. The molecule has 1 aromatic carbocycles. The second-order valence-electron chi connectivity index (χ2n) is 3.56. The number of carbonyl (C=O) groups excluding carboxylic acids is 1. The predicted octanol–water partition coefficient (Wildman–Crippen LogP) is 4.98. The third-order valence-electron chi connectivity index (χ3n) is 2.31. The Labute approximate surface area is 123 Å². The zero-order valence-corrected chi connectivity index (χ0v) is 12.8. The van der Waals surface area contributed by atoms with Crippen LogP contribution in [0.25, 0.3) is 0 Å². The van der Waals surface area contributed by atoms with E-state index < -0.39 is 11.6 Å². The van der Waals surface area contributed by atoms with Crippen LogP contribution < -0.4 is 0 Å². The Bertz CT molecular complexity index is 610. The molecule has 0 fully saturated rings. The van der Waals surface area contributed by atoms with E-state index in [1.807, 2.05) is 0 Å². The summed E-state index contributed by atoms with van der Waals surface area (Å²) in [4.78, 5) is 12.5. The minimum absolute atomic E-state index is 0.0856. The van der Waals surface area contributed by atoms with E-state index in [-0.39, 0.29) is 17.8 Å². The highest BCUT2D eigenvalue weighted by atomic mass is 79.9. The summed E-state index contributed by atoms with van der Waals surface area (Å²) in [6.45, 7) is 0. The summed E-state index contributed by atoms with van der Waals surface area (Å²) in [5, 5.41) is 1.78. The summed E-state index contributed by atoms with van der Waals surface area (Å²) in [6, 6.07) is 3.21. The summed E-state index contributed by atoms with van der Waals surface area (Å²) in [5.74, 6) is -1.55. The molecule has 6 heteroatoms. The lowest BCUT2D eigenvalue weighted by Crippen LogP contribution is -2.04. The zero-order chi connectivity index (χ0) is 13.3. The van der Waals surface area contributed by atoms with Crippen LogP contribution in [-0.4, -0.2) is 5.78 Å². The van der Waals surface area contributed by atoms with Crippen LogP contribution in [0.1, 0.15) is 15.2 Å². The van der Waals surface area contributed by atoms with Crippen molar-refractivity contribution in [3.05, 3.63) is 54.6 Å². The number of Topliss-reactive ketones (excluding diaryl/α,β-unsaturated/α-hetero) is 1. The normalized spacial score (nSPS) is 10.7. The molecule has 0 atom stereocenters. The number of benzene rings is 1. The van der Waals surface area contributed by atoms with Crippen molar-refractivity contribution in [2.24, 2.45) is 0 Å². The molecule has 0 saturated carbocycles. The number of rotatable bonds is 3. The van der Waals surface area contributed by atoms with Gasteiger partial charge in [0.1, 0.15) is 11.6 Å². The van der Waals surface area contributed by atoms with E-state index in [1.165, 1.54) is 17.4 Å². The number of halogens is 4. The molecule has 94 valence electrons. The summed E-state index contributed by atoms with van der Waals surface area (Å²) >= 11 is 7.84. The smallest absolute Gasteiger partial charge is 0.178 e. The van der Waals surface area contributed by atoms with Gasteiger partial charge in [-0.05, 0) is 43.5 Å². The molecule has 1 nitrogen and oxygen atoms in total. The molecule has 0 unspecified atom stereocenters. The predicted molar refractivity (Wildman–Crippen MR) is 74.1 cm³/mol. The number of hydrogen-bond acceptors (Lipinski definition) is 2. The molecule has 0 aliphatic rings. The Hall–Kier alpha value is -0.590. The van der Waals surface area contributed by atoms with Crippen molar-refractivity contribution in [2.45, 2.75) is 6.42 Å². The van der Waals surface area contributed by atoms with Gasteiger partial charge in [0.05, 0.1) is 9.35 Å². The van der Waals surface area contributed by atoms with E-state index in [1.54, 1.807) is 5.38 Å². The molecule has 0 radical (unpaired) electrons. The molecule has 0 N–H and O–H groups in total. The van der Waals surface area contributed by atoms with E-state index in [2.05, 4.69) is 31.9 Å². The molecule has 0 amide bonds. The van der Waals surface area contributed by atoms with Crippen LogP contribution in [0, 0.1) is 11.6 Å². The van der Waals surface area contributed by atoms with Crippen molar-refractivity contribution >= 4 is 49.0 Å². The molecule has 0 saturated heterocycles. The molecular formula is C12H6Br2F2OS. The fourth-order valence-electron chi connectivity index (χ4n) is 1.43. The number of hydrogen-bond donors (Lipinski definition) is 0. The Morgan fingerprint density at radius 2 is 2.00 bits per heavy atom. The van der Waals surface area contributed by atoms with Crippen molar-refractivity contribution in [2.75, 3.05) is 0 Å². The molecule has 0 spiro atoms. The zero-order valence-electron chi connectivity index (χ0n) is 8.84. The maximum atomic E-state index is 13.4. The summed E-state index contributed by atoms with van der Waals surface area (Å²) in [7, 11) is 0. The first-order valence-electron chi connectivity index (χ1n) is 4.88. The second-order valence-corrected chi connectivity index (χ2v) is 6.09. The molecule has 18 heavy (non-hydrogen) atoms. The first kappa shape index (κ1) is 13.8. The van der Waals surface area contributed by atoms with Gasteiger partial charge in [-0.1, -0.05) is 6.07 Å². The van der Waals surface area contributed by atoms with E-state index in [4.69, 9.17) is 0 Å². The number of ketones is 1. The number of thiophene rings is 1. The molecule has 1 heterocycles. The first-order chi connectivity index (χ1) is 8.49. The van der Waals surface area contributed by atoms with Gasteiger partial charge in [-0.25, -0.2) is 8.78 Å². The third-order valence-corrected chi connectivity index (χ3v) is 5.88. The second kappa shape index (κ2) is 5.59. The SMILES string of the molecule is O=C(Cc1ccc(F)cc1F)c1scc(Br)c1Br. The van der Waals surface area contributed by atoms with Gasteiger partial charge in [0.15, 0.2) is 5.78 Å². The largest absolute Gasteiger partial charge is 0.293 e. The van der Waals surface area contributed by atoms with Crippen LogP contribution in [0.5, 0.6) is 0 Å². The van der Waals surface area contributed by atoms with Crippen LogP contribution >= 0.6 is 43.2 Å². The Morgan fingerprint density at radius 3 is 2.56 bits per heavy atom. The maximum absolute atomic E-state index is 13.4. The average Bonchev–Trinajstić information content (AvgIpc) is 2.64. The maximum Gasteiger partial charge on any atom is 0.178 e. The Balaban J connectivity index is 2.24. The van der Waals surface area contributed by atoms with Gasteiger partial charge in [-0.15, -0.1) is 11.3 Å². The van der Waals surface area contributed by atoms with E-state index in [0.717, 1.165) is 16.6 Å². The van der Waals surface area contributed by atoms with Gasteiger partial charge in [-0.3, -0.25) is 4.79 Å². The highest BCUT2D eigenvalue weighted by molar-refractivity contribution is 9.13. The van der Waals surface area contributed by atoms with Crippen LogP contribution in [-0.2, 0) is 6.42 Å². The standard InChI is InChI=1S/C12H6Br2F2OS/c13-8-5-18-12(11(8)14)10(17)3-6-1-2-7(15)4-9(6)16/h1-2,4-5H,3H2. The minimum atomic E-state index is -0.699. The van der Waals surface area contributed by atoms with Gasteiger partial charge in [0.2, 0.25) is 0 Å². The molecule has 0 aliphatic carbocycles. The fraction of sp³-hybridized carbons (Fsp3) is 0.0833. The van der Waals surface area contributed by atoms with E-state index >= 15 is 0 Å². The lowest BCUT2D eigenvalue weighted by molar-refractivity contribution is 0.0995. The van der Waals surface area contributed by atoms with E-state index in [0.29, 0.717) is 9.35 Å². The number of carbonyl (C=O) groups is 1. The molecule has 1 aromatic heterocycles. The average molecular weight is 396 g/mol. The van der Waals surface area contributed by atoms with Crippen LogP contribution in [0.2, 0.25) is 0 Å². The van der Waals surface area contributed by atoms with Gasteiger partial charge >= 0.3 is 0 Å². The molecule has 0 aliphatic heterocycles. The van der Waals surface area contributed by atoms with Crippen LogP contribution in [0.3, 0.4) is 0 Å². The van der Waals surface area contributed by atoms with E-state index in [9.17, 15) is 13.6 Å². The van der Waals surface area contributed by atoms with Crippen molar-refractivity contribution in [1.29, 1.82) is 0 Å².